The zero-order chi connectivity index (χ0) is 28.2. The summed E-state index contributed by atoms with van der Waals surface area (Å²) in [4.78, 5) is 18.3. The molecule has 7 nitrogen and oxygen atoms in total. The fourth-order valence-corrected chi connectivity index (χ4v) is 5.21. The van der Waals surface area contributed by atoms with Crippen LogP contribution in [0.2, 0.25) is 0 Å². The third kappa shape index (κ3) is 5.85. The van der Waals surface area contributed by atoms with Crippen LogP contribution in [0, 0.1) is 5.82 Å². The maximum Gasteiger partial charge on any atom is 0.291 e. The van der Waals surface area contributed by atoms with Crippen molar-refractivity contribution in [2.45, 2.75) is 19.8 Å². The Hall–Kier alpha value is -4.89. The number of ether oxygens (including phenoxy) is 1. The van der Waals surface area contributed by atoms with Crippen molar-refractivity contribution in [2.75, 3.05) is 6.61 Å². The van der Waals surface area contributed by atoms with Gasteiger partial charge in [-0.2, -0.15) is 14.6 Å². The summed E-state index contributed by atoms with van der Waals surface area (Å²) in [5.41, 5.74) is 3.87. The Labute approximate surface area is 239 Å². The summed E-state index contributed by atoms with van der Waals surface area (Å²) < 4.78 is 22.7. The number of para-hydroxylation sites is 1. The van der Waals surface area contributed by atoms with Gasteiger partial charge < -0.3 is 4.74 Å². The van der Waals surface area contributed by atoms with Gasteiger partial charge in [0.1, 0.15) is 17.3 Å². The molecule has 0 saturated heterocycles. The van der Waals surface area contributed by atoms with Gasteiger partial charge in [0.05, 0.1) is 16.8 Å². The molecule has 0 unspecified atom stereocenters. The van der Waals surface area contributed by atoms with Gasteiger partial charge in [-0.15, -0.1) is 5.10 Å². The van der Waals surface area contributed by atoms with Crippen LogP contribution in [0.1, 0.15) is 36.7 Å². The molecule has 0 aliphatic rings. The number of fused-ring (bicyclic) bond motifs is 1. The normalized spacial score (nSPS) is 12.1. The minimum atomic E-state index is -0.298. The van der Waals surface area contributed by atoms with E-state index in [0.29, 0.717) is 21.9 Å². The zero-order valence-corrected chi connectivity index (χ0v) is 23.1. The van der Waals surface area contributed by atoms with Crippen molar-refractivity contribution in [3.63, 3.8) is 0 Å². The molecule has 0 amide bonds. The minimum absolute atomic E-state index is 0.256. The highest BCUT2D eigenvalue weighted by Gasteiger charge is 2.14. The van der Waals surface area contributed by atoms with Crippen molar-refractivity contribution in [2.24, 2.45) is 0 Å². The summed E-state index contributed by atoms with van der Waals surface area (Å²) in [6.07, 6.45) is 9.28. The lowest BCUT2D eigenvalue weighted by molar-refractivity contribution is 0.309. The van der Waals surface area contributed by atoms with Crippen LogP contribution in [0.15, 0.2) is 89.9 Å². The molecule has 0 N–H and O–H groups in total. The van der Waals surface area contributed by atoms with E-state index in [-0.39, 0.29) is 11.4 Å². The lowest BCUT2D eigenvalue weighted by Crippen LogP contribution is -2.23. The van der Waals surface area contributed by atoms with E-state index in [2.05, 4.69) is 17.0 Å². The van der Waals surface area contributed by atoms with Gasteiger partial charge in [0.15, 0.2) is 5.82 Å². The van der Waals surface area contributed by atoms with Crippen LogP contribution in [0.5, 0.6) is 5.75 Å². The number of thiazole rings is 1. The lowest BCUT2D eigenvalue weighted by Gasteiger charge is -2.07. The maximum atomic E-state index is 13.3. The fourth-order valence-electron chi connectivity index (χ4n) is 4.30. The van der Waals surface area contributed by atoms with Gasteiger partial charge in [0.2, 0.25) is 4.96 Å². The molecule has 6 aromatic rings. The van der Waals surface area contributed by atoms with Gasteiger partial charge in [-0.25, -0.2) is 9.07 Å². The van der Waals surface area contributed by atoms with E-state index in [1.165, 1.54) is 28.0 Å². The molecule has 0 aliphatic carbocycles. The molecular weight excluding hydrogens is 537 g/mol. The van der Waals surface area contributed by atoms with Crippen LogP contribution in [0.4, 0.5) is 4.39 Å². The molecule has 204 valence electrons. The van der Waals surface area contributed by atoms with Crippen molar-refractivity contribution < 1.29 is 9.13 Å². The van der Waals surface area contributed by atoms with Crippen LogP contribution in [0.25, 0.3) is 40.1 Å². The lowest BCUT2D eigenvalue weighted by atomic mass is 10.1. The molecule has 3 heterocycles. The first-order chi connectivity index (χ1) is 20.1. The second kappa shape index (κ2) is 11.7. The summed E-state index contributed by atoms with van der Waals surface area (Å²) in [6, 6.07) is 23.8. The number of unbranched alkanes of at least 4 members (excludes halogenated alkanes) is 1. The molecule has 0 spiro atoms. The summed E-state index contributed by atoms with van der Waals surface area (Å²) in [5, 5.41) is 9.26. The summed E-state index contributed by atoms with van der Waals surface area (Å²) >= 11 is 1.26. The highest BCUT2D eigenvalue weighted by atomic mass is 32.1. The number of aromatic nitrogens is 5. The summed E-state index contributed by atoms with van der Waals surface area (Å²) in [6.45, 7) is 2.78. The number of hydrogen-bond acceptors (Lipinski definition) is 6. The Kier molecular flexibility index (Phi) is 7.51. The molecule has 3 aromatic carbocycles. The van der Waals surface area contributed by atoms with E-state index in [4.69, 9.17) is 9.84 Å². The van der Waals surface area contributed by atoms with Crippen LogP contribution in [0.3, 0.4) is 0 Å². The van der Waals surface area contributed by atoms with Crippen molar-refractivity contribution in [3.8, 4) is 22.7 Å². The van der Waals surface area contributed by atoms with Crippen LogP contribution in [-0.4, -0.2) is 31.0 Å². The monoisotopic (exact) mass is 563 g/mol. The van der Waals surface area contributed by atoms with Gasteiger partial charge in [0, 0.05) is 17.3 Å². The summed E-state index contributed by atoms with van der Waals surface area (Å²) in [7, 11) is 0. The number of halogens is 1. The van der Waals surface area contributed by atoms with Crippen molar-refractivity contribution in [1.82, 2.24) is 24.4 Å². The fraction of sp³-hybridized carbons (Fsp3) is 0.125. The van der Waals surface area contributed by atoms with Gasteiger partial charge in [0.25, 0.3) is 5.56 Å². The average molecular weight is 564 g/mol. The van der Waals surface area contributed by atoms with E-state index in [0.717, 1.165) is 46.7 Å². The minimum Gasteiger partial charge on any atom is -0.494 e. The van der Waals surface area contributed by atoms with Crippen molar-refractivity contribution >= 4 is 34.5 Å². The highest BCUT2D eigenvalue weighted by molar-refractivity contribution is 7.15. The average Bonchev–Trinajstić information content (AvgIpc) is 3.68. The Morgan fingerprint density at radius 1 is 0.976 bits per heavy atom. The smallest absolute Gasteiger partial charge is 0.291 e. The zero-order valence-electron chi connectivity index (χ0n) is 22.3. The molecule has 0 bridgehead atoms. The summed E-state index contributed by atoms with van der Waals surface area (Å²) in [5.74, 6) is 0.885. The molecule has 0 fully saturated rings. The second-order valence-corrected chi connectivity index (χ2v) is 10.4. The standard InChI is InChI=1S/C32H26FN5O2S/c1-2-3-18-40-27-11-7-8-23(19-27)30-24(21-37(36-30)26-9-5-4-6-10-26)20-28-31(39)38-32(41-28)34-29(35-38)17-14-22-12-15-25(33)16-13-22/h4-17,19-21H,2-3,18H2,1H3/b17-14+,28-20-. The number of rotatable bonds is 9. The quantitative estimate of drug-likeness (QED) is 0.201. The Morgan fingerprint density at radius 3 is 2.59 bits per heavy atom. The first-order valence-electron chi connectivity index (χ1n) is 13.3. The van der Waals surface area contributed by atoms with Crippen molar-refractivity contribution in [1.29, 1.82) is 0 Å². The third-order valence-corrected chi connectivity index (χ3v) is 7.38. The van der Waals surface area contributed by atoms with Crippen LogP contribution >= 0.6 is 11.3 Å². The van der Waals surface area contributed by atoms with E-state index in [1.54, 1.807) is 24.3 Å². The molecular formula is C32H26FN5O2S. The Bertz CT molecular complexity index is 1940. The first-order valence-corrected chi connectivity index (χ1v) is 14.1. The van der Waals surface area contributed by atoms with Crippen LogP contribution in [-0.2, 0) is 0 Å². The van der Waals surface area contributed by atoms with E-state index in [1.807, 2.05) is 71.6 Å². The Balaban J connectivity index is 1.38. The molecule has 0 atom stereocenters. The molecule has 6 rings (SSSR count). The molecule has 9 heteroatoms. The largest absolute Gasteiger partial charge is 0.494 e. The molecule has 0 aliphatic heterocycles. The molecule has 0 radical (unpaired) electrons. The van der Waals surface area contributed by atoms with E-state index >= 15 is 0 Å². The Morgan fingerprint density at radius 2 is 1.80 bits per heavy atom. The molecule has 41 heavy (non-hydrogen) atoms. The maximum absolute atomic E-state index is 13.3. The van der Waals surface area contributed by atoms with E-state index < -0.39 is 0 Å². The van der Waals surface area contributed by atoms with Gasteiger partial charge in [-0.05, 0) is 60.5 Å². The van der Waals surface area contributed by atoms with Crippen LogP contribution < -0.4 is 14.8 Å². The SMILES string of the molecule is CCCCOc1cccc(-c2nn(-c3ccccc3)cc2/C=c2\sc3nc(/C=C/c4ccc(F)cc4)nn3c2=O)c1. The number of hydrogen-bond donors (Lipinski definition) is 0. The number of benzene rings is 3. The van der Waals surface area contributed by atoms with E-state index in [9.17, 15) is 9.18 Å². The topological polar surface area (TPSA) is 74.3 Å². The molecule has 0 saturated carbocycles. The predicted octanol–water partition coefficient (Wildman–Crippen LogP) is 6.04. The van der Waals surface area contributed by atoms with Gasteiger partial charge in [-0.3, -0.25) is 4.79 Å². The first kappa shape index (κ1) is 26.3. The third-order valence-electron chi connectivity index (χ3n) is 6.42. The van der Waals surface area contributed by atoms with Gasteiger partial charge >= 0.3 is 0 Å². The van der Waals surface area contributed by atoms with Gasteiger partial charge in [-0.1, -0.05) is 73.2 Å². The predicted molar refractivity (Wildman–Crippen MR) is 161 cm³/mol. The second-order valence-electron chi connectivity index (χ2n) is 9.41. The number of nitrogens with zero attached hydrogens (tertiary/aromatic N) is 5. The van der Waals surface area contributed by atoms with Crippen molar-refractivity contribution in [3.05, 3.63) is 123 Å². The molecule has 3 aromatic heterocycles. The highest BCUT2D eigenvalue weighted by Crippen LogP contribution is 2.28.